The number of para-hydroxylation sites is 2. The van der Waals surface area contributed by atoms with Crippen LogP contribution in [-0.2, 0) is 13.0 Å². The number of benzene rings is 2. The Morgan fingerprint density at radius 2 is 1.77 bits per heavy atom. The van der Waals surface area contributed by atoms with Crippen LogP contribution < -0.4 is 0 Å². The fraction of sp³-hybridized carbons (Fsp3) is 0.316. The lowest BCUT2D eigenvalue weighted by Gasteiger charge is -2.13. The molecular weight excluding hydrogens is 272 g/mol. The number of aliphatic hydroxyl groups is 1. The number of aryl methyl sites for hydroxylation is 2. The van der Waals surface area contributed by atoms with Gasteiger partial charge in [-0.1, -0.05) is 55.8 Å². The van der Waals surface area contributed by atoms with Crippen molar-refractivity contribution in [3.63, 3.8) is 0 Å². The number of hydrogen-bond donors (Lipinski definition) is 1. The van der Waals surface area contributed by atoms with E-state index in [1.165, 1.54) is 5.56 Å². The van der Waals surface area contributed by atoms with Gasteiger partial charge in [-0.3, -0.25) is 0 Å². The van der Waals surface area contributed by atoms with Gasteiger partial charge in [-0.05, 0) is 30.5 Å². The number of fused-ring (bicyclic) bond motifs is 1. The smallest absolute Gasteiger partial charge is 0.138 e. The Morgan fingerprint density at radius 3 is 2.55 bits per heavy atom. The Labute approximate surface area is 131 Å². The van der Waals surface area contributed by atoms with Crippen LogP contribution in [-0.4, -0.2) is 14.7 Å². The van der Waals surface area contributed by atoms with Gasteiger partial charge in [0, 0.05) is 6.54 Å². The molecule has 3 rings (SSSR count). The van der Waals surface area contributed by atoms with E-state index in [9.17, 15) is 5.11 Å². The lowest BCUT2D eigenvalue weighted by Crippen LogP contribution is -2.10. The third kappa shape index (κ3) is 3.04. The summed E-state index contributed by atoms with van der Waals surface area (Å²) in [6.45, 7) is 2.92. The first kappa shape index (κ1) is 14.8. The number of imidazole rings is 1. The number of hydrogen-bond acceptors (Lipinski definition) is 2. The predicted octanol–water partition coefficient (Wildman–Crippen LogP) is 4.11. The Kier molecular flexibility index (Phi) is 4.54. The molecule has 0 bridgehead atoms. The van der Waals surface area contributed by atoms with Crippen LogP contribution in [0.25, 0.3) is 11.0 Å². The minimum atomic E-state index is -0.492. The van der Waals surface area contributed by atoms with E-state index in [0.29, 0.717) is 0 Å². The zero-order valence-corrected chi connectivity index (χ0v) is 12.9. The predicted molar refractivity (Wildman–Crippen MR) is 89.7 cm³/mol. The first-order valence-corrected chi connectivity index (χ1v) is 7.96. The Balaban J connectivity index is 1.93. The van der Waals surface area contributed by atoms with Crippen LogP contribution in [0.5, 0.6) is 0 Å². The zero-order valence-electron chi connectivity index (χ0n) is 12.9. The van der Waals surface area contributed by atoms with E-state index in [1.54, 1.807) is 0 Å². The van der Waals surface area contributed by atoms with E-state index >= 15 is 0 Å². The van der Waals surface area contributed by atoms with Gasteiger partial charge in [-0.25, -0.2) is 4.98 Å². The van der Waals surface area contributed by atoms with Crippen molar-refractivity contribution in [2.75, 3.05) is 0 Å². The van der Waals surface area contributed by atoms with Crippen molar-refractivity contribution < 1.29 is 5.11 Å². The van der Waals surface area contributed by atoms with Crippen molar-refractivity contribution in [2.24, 2.45) is 0 Å². The molecule has 0 aliphatic heterocycles. The summed E-state index contributed by atoms with van der Waals surface area (Å²) in [5.74, 6) is 0.791. The van der Waals surface area contributed by atoms with E-state index in [1.807, 2.05) is 24.3 Å². The van der Waals surface area contributed by atoms with Crippen molar-refractivity contribution in [1.82, 2.24) is 9.55 Å². The van der Waals surface area contributed by atoms with Gasteiger partial charge >= 0.3 is 0 Å². The van der Waals surface area contributed by atoms with E-state index in [0.717, 1.165) is 42.7 Å². The third-order valence-electron chi connectivity index (χ3n) is 4.01. The van der Waals surface area contributed by atoms with Crippen LogP contribution in [0.3, 0.4) is 0 Å². The molecule has 1 N–H and O–H groups in total. The maximum atomic E-state index is 10.4. The molecule has 1 heterocycles. The molecule has 3 nitrogen and oxygen atoms in total. The number of aromatic nitrogens is 2. The van der Waals surface area contributed by atoms with Crippen molar-refractivity contribution in [3.05, 3.63) is 66.0 Å². The van der Waals surface area contributed by atoms with Crippen LogP contribution in [0.15, 0.2) is 54.6 Å². The molecule has 3 aromatic rings. The Hall–Kier alpha value is -2.13. The molecule has 2 aromatic carbocycles. The quantitative estimate of drug-likeness (QED) is 0.743. The molecule has 1 aromatic heterocycles. The SMILES string of the molecule is CCC[C@@H](O)c1nc2ccccc2n1CCc1ccccc1. The molecule has 22 heavy (non-hydrogen) atoms. The molecular formula is C19H22N2O. The molecule has 0 spiro atoms. The van der Waals surface area contributed by atoms with Gasteiger partial charge in [0.2, 0.25) is 0 Å². The van der Waals surface area contributed by atoms with Crippen molar-refractivity contribution in [3.8, 4) is 0 Å². The molecule has 0 radical (unpaired) electrons. The summed E-state index contributed by atoms with van der Waals surface area (Å²) >= 11 is 0. The first-order chi connectivity index (χ1) is 10.8. The Morgan fingerprint density at radius 1 is 1.05 bits per heavy atom. The summed E-state index contributed by atoms with van der Waals surface area (Å²) in [4.78, 5) is 4.66. The third-order valence-corrected chi connectivity index (χ3v) is 4.01. The molecule has 1 atom stereocenters. The minimum Gasteiger partial charge on any atom is -0.385 e. The van der Waals surface area contributed by atoms with Gasteiger partial charge in [0.05, 0.1) is 11.0 Å². The number of aliphatic hydroxyl groups excluding tert-OH is 1. The first-order valence-electron chi connectivity index (χ1n) is 7.96. The molecule has 0 aliphatic carbocycles. The monoisotopic (exact) mass is 294 g/mol. The fourth-order valence-electron chi connectivity index (χ4n) is 2.87. The summed E-state index contributed by atoms with van der Waals surface area (Å²) in [5, 5.41) is 10.4. The second kappa shape index (κ2) is 6.75. The average molecular weight is 294 g/mol. The molecule has 0 saturated heterocycles. The van der Waals surface area contributed by atoms with Crippen LogP contribution in [0.1, 0.15) is 37.3 Å². The van der Waals surface area contributed by atoms with Crippen molar-refractivity contribution in [1.29, 1.82) is 0 Å². The maximum Gasteiger partial charge on any atom is 0.138 e. The topological polar surface area (TPSA) is 38.1 Å². The largest absolute Gasteiger partial charge is 0.385 e. The summed E-state index contributed by atoms with van der Waals surface area (Å²) in [6.07, 6.45) is 2.14. The second-order valence-electron chi connectivity index (χ2n) is 5.65. The second-order valence-corrected chi connectivity index (χ2v) is 5.65. The summed E-state index contributed by atoms with van der Waals surface area (Å²) in [7, 11) is 0. The number of nitrogens with zero attached hydrogens (tertiary/aromatic N) is 2. The standard InChI is InChI=1S/C19H22N2O/c1-2-8-18(22)19-20-16-11-6-7-12-17(16)21(19)14-13-15-9-4-3-5-10-15/h3-7,9-12,18,22H,2,8,13-14H2,1H3/t18-/m1/s1. The molecule has 0 aliphatic rings. The molecule has 0 amide bonds. The summed E-state index contributed by atoms with van der Waals surface area (Å²) in [6, 6.07) is 18.6. The molecule has 3 heteroatoms. The highest BCUT2D eigenvalue weighted by Gasteiger charge is 2.17. The van der Waals surface area contributed by atoms with Gasteiger partial charge in [-0.2, -0.15) is 0 Å². The zero-order chi connectivity index (χ0) is 15.4. The van der Waals surface area contributed by atoms with E-state index in [4.69, 9.17) is 0 Å². The van der Waals surface area contributed by atoms with Crippen molar-refractivity contribution >= 4 is 11.0 Å². The van der Waals surface area contributed by atoms with Crippen LogP contribution in [0.4, 0.5) is 0 Å². The van der Waals surface area contributed by atoms with Crippen LogP contribution >= 0.6 is 0 Å². The van der Waals surface area contributed by atoms with Gasteiger partial charge < -0.3 is 9.67 Å². The highest BCUT2D eigenvalue weighted by Crippen LogP contribution is 2.24. The van der Waals surface area contributed by atoms with Crippen LogP contribution in [0.2, 0.25) is 0 Å². The molecule has 0 fully saturated rings. The molecule has 0 unspecified atom stereocenters. The summed E-state index contributed by atoms with van der Waals surface area (Å²) < 4.78 is 2.17. The molecule has 0 saturated carbocycles. The van der Waals surface area contributed by atoms with E-state index in [2.05, 4.69) is 46.8 Å². The fourth-order valence-corrected chi connectivity index (χ4v) is 2.87. The lowest BCUT2D eigenvalue weighted by molar-refractivity contribution is 0.152. The van der Waals surface area contributed by atoms with E-state index in [-0.39, 0.29) is 0 Å². The van der Waals surface area contributed by atoms with Gasteiger partial charge in [-0.15, -0.1) is 0 Å². The Bertz CT molecular complexity index is 734. The van der Waals surface area contributed by atoms with Gasteiger partial charge in [0.1, 0.15) is 11.9 Å². The van der Waals surface area contributed by atoms with Crippen LogP contribution in [0, 0.1) is 0 Å². The highest BCUT2D eigenvalue weighted by atomic mass is 16.3. The van der Waals surface area contributed by atoms with Gasteiger partial charge in [0.15, 0.2) is 0 Å². The average Bonchev–Trinajstić information content (AvgIpc) is 2.93. The number of rotatable bonds is 6. The van der Waals surface area contributed by atoms with Crippen molar-refractivity contribution in [2.45, 2.75) is 38.8 Å². The maximum absolute atomic E-state index is 10.4. The van der Waals surface area contributed by atoms with Gasteiger partial charge in [0.25, 0.3) is 0 Å². The van der Waals surface area contributed by atoms with E-state index < -0.39 is 6.10 Å². The minimum absolute atomic E-state index is 0.492. The lowest BCUT2D eigenvalue weighted by atomic mass is 10.1. The highest BCUT2D eigenvalue weighted by molar-refractivity contribution is 5.76. The normalized spacial score (nSPS) is 12.6. The summed E-state index contributed by atoms with van der Waals surface area (Å²) in [5.41, 5.74) is 3.36. The molecule has 114 valence electrons.